The first-order chi connectivity index (χ1) is 16.9. The van der Waals surface area contributed by atoms with Crippen molar-refractivity contribution in [3.63, 3.8) is 0 Å². The number of nitrogens with zero attached hydrogens (tertiary/aromatic N) is 5. The minimum atomic E-state index is -0.393. The molecule has 2 aromatic heterocycles. The maximum Gasteiger partial charge on any atom is 0.327 e. The number of aromatic amines is 1. The number of nitrogens with one attached hydrogen (secondary N) is 1. The molecular formula is C25H34N6O4. The first-order valence-electron chi connectivity index (χ1n) is 12.3. The molecule has 1 aromatic carbocycles. The lowest BCUT2D eigenvalue weighted by atomic mass is 9.99. The number of carbonyl (C=O) groups excluding carboxylic acids is 1. The number of aromatic nitrogens is 5. The van der Waals surface area contributed by atoms with Gasteiger partial charge in [-0.05, 0) is 66.6 Å². The van der Waals surface area contributed by atoms with Crippen molar-refractivity contribution in [2.75, 3.05) is 19.8 Å². The molecule has 4 rings (SSSR count). The Bertz CT molecular complexity index is 1210. The monoisotopic (exact) mass is 482 g/mol. The van der Waals surface area contributed by atoms with Gasteiger partial charge >= 0.3 is 5.97 Å². The Labute approximate surface area is 204 Å². The van der Waals surface area contributed by atoms with Crippen molar-refractivity contribution >= 4 is 16.9 Å². The van der Waals surface area contributed by atoms with E-state index < -0.39 is 5.97 Å². The molecule has 2 atom stereocenters. The summed E-state index contributed by atoms with van der Waals surface area (Å²) < 4.78 is 12.6. The van der Waals surface area contributed by atoms with Gasteiger partial charge < -0.3 is 14.5 Å². The molecule has 0 bridgehead atoms. The number of pyridine rings is 1. The zero-order chi connectivity index (χ0) is 24.9. The van der Waals surface area contributed by atoms with Crippen LogP contribution in [0, 0.1) is 12.8 Å². The molecule has 3 aromatic rings. The van der Waals surface area contributed by atoms with E-state index in [4.69, 9.17) is 9.47 Å². The molecule has 0 saturated carbocycles. The van der Waals surface area contributed by atoms with Crippen LogP contribution in [-0.2, 0) is 27.4 Å². The van der Waals surface area contributed by atoms with Crippen LogP contribution in [-0.4, -0.2) is 61.9 Å². The minimum Gasteiger partial charge on any atom is -0.465 e. The van der Waals surface area contributed by atoms with Gasteiger partial charge in [0.15, 0.2) is 5.82 Å². The first kappa shape index (κ1) is 25.0. The van der Waals surface area contributed by atoms with Crippen molar-refractivity contribution in [3.8, 4) is 0 Å². The number of rotatable bonds is 10. The lowest BCUT2D eigenvalue weighted by Crippen LogP contribution is -2.40. The maximum atomic E-state index is 13.0. The van der Waals surface area contributed by atoms with E-state index in [9.17, 15) is 9.59 Å². The van der Waals surface area contributed by atoms with Gasteiger partial charge in [0.25, 0.3) is 5.56 Å². The van der Waals surface area contributed by atoms with Gasteiger partial charge in [-0.15, -0.1) is 5.10 Å². The van der Waals surface area contributed by atoms with Crippen LogP contribution in [0.5, 0.6) is 0 Å². The molecule has 1 fully saturated rings. The van der Waals surface area contributed by atoms with Crippen LogP contribution in [0.2, 0.25) is 0 Å². The average molecular weight is 483 g/mol. The molecule has 3 heterocycles. The number of hydrogen-bond acceptors (Lipinski definition) is 8. The van der Waals surface area contributed by atoms with Crippen molar-refractivity contribution in [2.45, 2.75) is 65.8 Å². The van der Waals surface area contributed by atoms with E-state index >= 15 is 0 Å². The number of esters is 1. The Hall–Kier alpha value is -3.11. The summed E-state index contributed by atoms with van der Waals surface area (Å²) in [6.07, 6.45) is 2.04. The van der Waals surface area contributed by atoms with E-state index in [1.54, 1.807) is 6.92 Å². The second-order valence-electron chi connectivity index (χ2n) is 9.47. The van der Waals surface area contributed by atoms with Gasteiger partial charge in [0.1, 0.15) is 6.54 Å². The first-order valence-corrected chi connectivity index (χ1v) is 12.3. The summed E-state index contributed by atoms with van der Waals surface area (Å²) >= 11 is 0. The highest BCUT2D eigenvalue weighted by atomic mass is 16.5. The van der Waals surface area contributed by atoms with Gasteiger partial charge in [0.05, 0.1) is 18.8 Å². The van der Waals surface area contributed by atoms with Gasteiger partial charge in [0, 0.05) is 30.8 Å². The number of tetrazole rings is 1. The molecule has 0 spiro atoms. The zero-order valence-electron chi connectivity index (χ0n) is 20.9. The molecule has 0 amide bonds. The van der Waals surface area contributed by atoms with Crippen LogP contribution in [0.4, 0.5) is 0 Å². The molecule has 10 heteroatoms. The second-order valence-corrected chi connectivity index (χ2v) is 9.47. The Morgan fingerprint density at radius 1 is 1.34 bits per heavy atom. The van der Waals surface area contributed by atoms with E-state index in [0.717, 1.165) is 35.9 Å². The number of carbonyl (C=O) groups is 1. The average Bonchev–Trinajstić information content (AvgIpc) is 3.47. The van der Waals surface area contributed by atoms with Crippen molar-refractivity contribution in [1.82, 2.24) is 30.1 Å². The fourth-order valence-corrected chi connectivity index (χ4v) is 4.78. The summed E-state index contributed by atoms with van der Waals surface area (Å²) in [5, 5.41) is 13.2. The van der Waals surface area contributed by atoms with E-state index in [1.807, 2.05) is 25.1 Å². The lowest BCUT2D eigenvalue weighted by Gasteiger charge is -2.34. The molecule has 0 aliphatic carbocycles. The summed E-state index contributed by atoms with van der Waals surface area (Å²) in [5.74, 6) is 0.278. The van der Waals surface area contributed by atoms with Crippen LogP contribution >= 0.6 is 0 Å². The normalized spacial score (nSPS) is 16.9. The van der Waals surface area contributed by atoms with Crippen LogP contribution in [0.25, 0.3) is 10.9 Å². The predicted octanol–water partition coefficient (Wildman–Crippen LogP) is 2.76. The number of hydrogen-bond donors (Lipinski definition) is 1. The second kappa shape index (κ2) is 11.1. The summed E-state index contributed by atoms with van der Waals surface area (Å²) in [4.78, 5) is 30.4. The number of H-pyrrole nitrogens is 1. The lowest BCUT2D eigenvalue weighted by molar-refractivity contribution is -0.144. The molecule has 0 radical (unpaired) electrons. The Morgan fingerprint density at radius 3 is 2.89 bits per heavy atom. The Morgan fingerprint density at radius 2 is 2.17 bits per heavy atom. The molecule has 10 nitrogen and oxygen atoms in total. The molecule has 188 valence electrons. The smallest absolute Gasteiger partial charge is 0.327 e. The van der Waals surface area contributed by atoms with E-state index in [0.29, 0.717) is 31.1 Å². The minimum absolute atomic E-state index is 0.0624. The van der Waals surface area contributed by atoms with Crippen molar-refractivity contribution in [1.29, 1.82) is 0 Å². The van der Waals surface area contributed by atoms with Crippen molar-refractivity contribution < 1.29 is 14.3 Å². The molecule has 0 unspecified atom stereocenters. The van der Waals surface area contributed by atoms with Gasteiger partial charge in [0.2, 0.25) is 0 Å². The standard InChI is InChI=1S/C25H34N6O4/c1-5-34-22(32)15-31-24(27-28-29-31)23(16(2)3)30(14-20-7-6-10-35-20)13-19-12-18-11-17(4)8-9-21(18)26-25(19)33/h8-9,11-12,16,20,23H,5-7,10,13-15H2,1-4H3,(H,26,33)/t20-,23+/m1/s1. The van der Waals surface area contributed by atoms with E-state index in [2.05, 4.69) is 45.3 Å². The molecule has 35 heavy (non-hydrogen) atoms. The van der Waals surface area contributed by atoms with Gasteiger partial charge in [-0.1, -0.05) is 25.5 Å². The predicted molar refractivity (Wildman–Crippen MR) is 131 cm³/mol. The van der Waals surface area contributed by atoms with Crippen molar-refractivity contribution in [3.05, 3.63) is 51.6 Å². The largest absolute Gasteiger partial charge is 0.465 e. The highest BCUT2D eigenvalue weighted by molar-refractivity contribution is 5.79. The maximum absolute atomic E-state index is 13.0. The highest BCUT2D eigenvalue weighted by Gasteiger charge is 2.33. The van der Waals surface area contributed by atoms with Gasteiger partial charge in [-0.25, -0.2) is 4.68 Å². The van der Waals surface area contributed by atoms with Crippen LogP contribution in [0.15, 0.2) is 29.1 Å². The van der Waals surface area contributed by atoms with Crippen LogP contribution in [0.1, 0.15) is 56.6 Å². The quantitative estimate of drug-likeness (QED) is 0.439. The highest BCUT2D eigenvalue weighted by Crippen LogP contribution is 2.30. The number of fused-ring (bicyclic) bond motifs is 1. The SMILES string of the molecule is CCOC(=O)Cn1nnnc1[C@H](C(C)C)N(Cc1cc2cc(C)ccc2[nH]c1=O)C[C@H]1CCCO1. The zero-order valence-corrected chi connectivity index (χ0v) is 20.9. The third kappa shape index (κ3) is 5.94. The topological polar surface area (TPSA) is 115 Å². The molecule has 1 aliphatic heterocycles. The third-order valence-electron chi connectivity index (χ3n) is 6.35. The number of ether oxygens (including phenoxy) is 2. The van der Waals surface area contributed by atoms with Crippen molar-refractivity contribution in [2.24, 2.45) is 5.92 Å². The number of aryl methyl sites for hydroxylation is 1. The third-order valence-corrected chi connectivity index (χ3v) is 6.35. The summed E-state index contributed by atoms with van der Waals surface area (Å²) in [6.45, 7) is 9.96. The molecule has 1 saturated heterocycles. The molecule has 1 aliphatic rings. The fraction of sp³-hybridized carbons (Fsp3) is 0.560. The molecule has 1 N–H and O–H groups in total. The number of benzene rings is 1. The van der Waals surface area contributed by atoms with Gasteiger partial charge in [-0.3, -0.25) is 14.5 Å². The van der Waals surface area contributed by atoms with E-state index in [-0.39, 0.29) is 30.2 Å². The van der Waals surface area contributed by atoms with E-state index in [1.165, 1.54) is 4.68 Å². The Kier molecular flexibility index (Phi) is 7.92. The fourth-order valence-electron chi connectivity index (χ4n) is 4.78. The summed E-state index contributed by atoms with van der Waals surface area (Å²) in [6, 6.07) is 7.71. The van der Waals surface area contributed by atoms with Crippen LogP contribution in [0.3, 0.4) is 0 Å². The van der Waals surface area contributed by atoms with Gasteiger partial charge in [-0.2, -0.15) is 0 Å². The molecular weight excluding hydrogens is 448 g/mol. The summed E-state index contributed by atoms with van der Waals surface area (Å²) in [7, 11) is 0. The Balaban J connectivity index is 1.70. The van der Waals surface area contributed by atoms with Crippen LogP contribution < -0.4 is 5.56 Å². The summed E-state index contributed by atoms with van der Waals surface area (Å²) in [5.41, 5.74) is 2.49.